The summed E-state index contributed by atoms with van der Waals surface area (Å²) in [6, 6.07) is 11.4. The molecule has 1 aliphatic rings. The zero-order valence-electron chi connectivity index (χ0n) is 16.6. The quantitative estimate of drug-likeness (QED) is 0.591. The summed E-state index contributed by atoms with van der Waals surface area (Å²) in [5.41, 5.74) is 1.21. The van der Waals surface area contributed by atoms with E-state index in [1.165, 1.54) is 24.5 Å². The Hall–Kier alpha value is -3.66. The number of aryl methyl sites for hydroxylation is 1. The van der Waals surface area contributed by atoms with Crippen LogP contribution < -0.4 is 10.6 Å². The smallest absolute Gasteiger partial charge is 0.330 e. The lowest BCUT2D eigenvalue weighted by atomic mass is 10.1. The topological polar surface area (TPSA) is 133 Å². The molecule has 0 aliphatic carbocycles. The minimum absolute atomic E-state index is 0.0319. The van der Waals surface area contributed by atoms with E-state index in [0.29, 0.717) is 5.56 Å². The fourth-order valence-electron chi connectivity index (χ4n) is 3.10. The molecule has 0 aromatic heterocycles. The maximum atomic E-state index is 13.1. The number of carboxylic acids is 1. The molecule has 162 valence electrons. The Morgan fingerprint density at radius 2 is 1.77 bits per heavy atom. The molecular weight excluding hydrogens is 422 g/mol. The van der Waals surface area contributed by atoms with Crippen molar-refractivity contribution in [3.8, 4) is 0 Å². The molecule has 0 fully saturated rings. The SMILES string of the molecule is Cc1ccc(S(=O)(=O)N2C=CNC(=O)[C@H]2CC(=O)N[C@H](C(=O)O)c2ccccc2)cc1. The van der Waals surface area contributed by atoms with E-state index in [9.17, 15) is 27.9 Å². The van der Waals surface area contributed by atoms with Crippen LogP contribution in [-0.4, -0.2) is 41.7 Å². The lowest BCUT2D eigenvalue weighted by molar-refractivity contribution is -0.142. The number of sulfonamides is 1. The first-order valence-electron chi connectivity index (χ1n) is 9.34. The van der Waals surface area contributed by atoms with Gasteiger partial charge in [0, 0.05) is 12.4 Å². The van der Waals surface area contributed by atoms with Crippen LogP contribution in [0.2, 0.25) is 0 Å². The van der Waals surface area contributed by atoms with E-state index in [0.717, 1.165) is 9.87 Å². The Bertz CT molecular complexity index is 1110. The minimum atomic E-state index is -4.11. The highest BCUT2D eigenvalue weighted by Crippen LogP contribution is 2.23. The average molecular weight is 443 g/mol. The van der Waals surface area contributed by atoms with Crippen LogP contribution in [0, 0.1) is 6.92 Å². The zero-order chi connectivity index (χ0) is 22.6. The molecule has 2 aromatic rings. The van der Waals surface area contributed by atoms with Crippen LogP contribution in [-0.2, 0) is 24.4 Å². The van der Waals surface area contributed by atoms with E-state index < -0.39 is 46.3 Å². The van der Waals surface area contributed by atoms with Crippen LogP contribution >= 0.6 is 0 Å². The molecule has 10 heteroatoms. The Morgan fingerprint density at radius 3 is 2.39 bits per heavy atom. The van der Waals surface area contributed by atoms with Crippen LogP contribution in [0.25, 0.3) is 0 Å². The number of aliphatic carboxylic acids is 1. The van der Waals surface area contributed by atoms with Gasteiger partial charge >= 0.3 is 5.97 Å². The van der Waals surface area contributed by atoms with E-state index in [1.54, 1.807) is 42.5 Å². The van der Waals surface area contributed by atoms with Gasteiger partial charge in [0.05, 0.1) is 11.3 Å². The Labute approximate surface area is 179 Å². The van der Waals surface area contributed by atoms with Gasteiger partial charge in [-0.05, 0) is 24.6 Å². The summed E-state index contributed by atoms with van der Waals surface area (Å²) in [5, 5.41) is 14.2. The van der Waals surface area contributed by atoms with Crippen molar-refractivity contribution in [3.63, 3.8) is 0 Å². The van der Waals surface area contributed by atoms with Crippen LogP contribution in [0.15, 0.2) is 71.9 Å². The number of nitrogens with zero attached hydrogens (tertiary/aromatic N) is 1. The molecule has 2 aromatic carbocycles. The van der Waals surface area contributed by atoms with Gasteiger partial charge in [0.25, 0.3) is 10.0 Å². The average Bonchev–Trinajstić information content (AvgIpc) is 2.74. The molecule has 3 N–H and O–H groups in total. The second-order valence-corrected chi connectivity index (χ2v) is 8.78. The molecule has 0 saturated carbocycles. The lowest BCUT2D eigenvalue weighted by Crippen LogP contribution is -2.51. The predicted molar refractivity (Wildman–Crippen MR) is 111 cm³/mol. The van der Waals surface area contributed by atoms with Gasteiger partial charge in [-0.2, -0.15) is 0 Å². The second kappa shape index (κ2) is 9.00. The van der Waals surface area contributed by atoms with Gasteiger partial charge in [0.15, 0.2) is 6.04 Å². The molecule has 31 heavy (non-hydrogen) atoms. The lowest BCUT2D eigenvalue weighted by Gasteiger charge is -2.31. The van der Waals surface area contributed by atoms with Crippen molar-refractivity contribution in [2.75, 3.05) is 0 Å². The largest absolute Gasteiger partial charge is 0.479 e. The number of rotatable bonds is 7. The molecule has 2 atom stereocenters. The van der Waals surface area contributed by atoms with Gasteiger partial charge < -0.3 is 15.7 Å². The van der Waals surface area contributed by atoms with Gasteiger partial charge in [-0.15, -0.1) is 0 Å². The van der Waals surface area contributed by atoms with Crippen LogP contribution in [0.1, 0.15) is 23.6 Å². The number of amides is 2. The van der Waals surface area contributed by atoms with Gasteiger partial charge in [0.2, 0.25) is 11.8 Å². The van der Waals surface area contributed by atoms with Crippen molar-refractivity contribution < 1.29 is 27.9 Å². The number of carboxylic acid groups (broad SMARTS) is 1. The van der Waals surface area contributed by atoms with Crippen LogP contribution in [0.3, 0.4) is 0 Å². The molecule has 0 unspecified atom stereocenters. The van der Waals surface area contributed by atoms with Crippen LogP contribution in [0.5, 0.6) is 0 Å². The molecule has 3 rings (SSSR count). The highest BCUT2D eigenvalue weighted by molar-refractivity contribution is 7.89. The summed E-state index contributed by atoms with van der Waals surface area (Å²) < 4.78 is 26.9. The summed E-state index contributed by atoms with van der Waals surface area (Å²) in [6.45, 7) is 1.81. The van der Waals surface area contributed by atoms with Crippen molar-refractivity contribution >= 4 is 27.8 Å². The second-order valence-electron chi connectivity index (χ2n) is 6.94. The normalized spacial score (nSPS) is 17.0. The number of hydrogen-bond acceptors (Lipinski definition) is 5. The third-order valence-electron chi connectivity index (χ3n) is 4.72. The van der Waals surface area contributed by atoms with E-state index >= 15 is 0 Å². The van der Waals surface area contributed by atoms with E-state index in [4.69, 9.17) is 0 Å². The van der Waals surface area contributed by atoms with Gasteiger partial charge in [-0.25, -0.2) is 13.2 Å². The molecule has 9 nitrogen and oxygen atoms in total. The molecule has 0 spiro atoms. The zero-order valence-corrected chi connectivity index (χ0v) is 17.4. The predicted octanol–water partition coefficient (Wildman–Crippen LogP) is 1.29. The Kier molecular flexibility index (Phi) is 6.40. The molecule has 1 aliphatic heterocycles. The number of carbonyl (C=O) groups is 3. The standard InChI is InChI=1S/C21H21N3O6S/c1-14-7-9-16(10-8-14)31(29,30)24-12-11-22-20(26)17(24)13-18(25)23-19(21(27)28)15-5-3-2-4-6-15/h2-12,17,19H,13H2,1H3,(H,22,26)(H,23,25)(H,27,28)/t17-,19+/m1/s1. The minimum Gasteiger partial charge on any atom is -0.479 e. The van der Waals surface area contributed by atoms with E-state index in [2.05, 4.69) is 10.6 Å². The van der Waals surface area contributed by atoms with Gasteiger partial charge in [-0.3, -0.25) is 13.9 Å². The number of carbonyl (C=O) groups excluding carboxylic acids is 2. The summed E-state index contributed by atoms with van der Waals surface area (Å²) >= 11 is 0. The summed E-state index contributed by atoms with van der Waals surface area (Å²) in [7, 11) is -4.11. The summed E-state index contributed by atoms with van der Waals surface area (Å²) in [4.78, 5) is 36.6. The molecule has 0 saturated heterocycles. The third kappa shape index (κ3) is 4.92. The van der Waals surface area contributed by atoms with Gasteiger partial charge in [-0.1, -0.05) is 48.0 Å². The van der Waals surface area contributed by atoms with Crippen LogP contribution in [0.4, 0.5) is 0 Å². The summed E-state index contributed by atoms with van der Waals surface area (Å²) in [6.07, 6.45) is 1.78. The third-order valence-corrected chi connectivity index (χ3v) is 6.52. The Balaban J connectivity index is 1.83. The first kappa shape index (κ1) is 22.0. The van der Waals surface area contributed by atoms with E-state index in [1.807, 2.05) is 6.92 Å². The summed E-state index contributed by atoms with van der Waals surface area (Å²) in [5.74, 6) is -2.76. The number of benzene rings is 2. The molecular formula is C21H21N3O6S. The fourth-order valence-corrected chi connectivity index (χ4v) is 4.55. The van der Waals surface area contributed by atoms with E-state index in [-0.39, 0.29) is 4.90 Å². The van der Waals surface area contributed by atoms with Crippen molar-refractivity contribution in [3.05, 3.63) is 78.1 Å². The first-order chi connectivity index (χ1) is 14.7. The molecule has 0 radical (unpaired) electrons. The highest BCUT2D eigenvalue weighted by atomic mass is 32.2. The molecule has 1 heterocycles. The molecule has 2 amide bonds. The number of hydrogen-bond donors (Lipinski definition) is 3. The highest BCUT2D eigenvalue weighted by Gasteiger charge is 2.37. The fraction of sp³-hybridized carbons (Fsp3) is 0.190. The van der Waals surface area contributed by atoms with Gasteiger partial charge in [0.1, 0.15) is 6.04 Å². The van der Waals surface area contributed by atoms with Crippen molar-refractivity contribution in [2.45, 2.75) is 30.3 Å². The monoisotopic (exact) mass is 443 g/mol. The maximum Gasteiger partial charge on any atom is 0.330 e. The van der Waals surface area contributed by atoms with Crippen molar-refractivity contribution in [1.29, 1.82) is 0 Å². The maximum absolute atomic E-state index is 13.1. The Morgan fingerprint density at radius 1 is 1.13 bits per heavy atom. The van der Waals surface area contributed by atoms with Crippen molar-refractivity contribution in [1.82, 2.24) is 14.9 Å². The van der Waals surface area contributed by atoms with Crippen molar-refractivity contribution in [2.24, 2.45) is 0 Å². The molecule has 0 bridgehead atoms. The first-order valence-corrected chi connectivity index (χ1v) is 10.8. The number of nitrogens with one attached hydrogen (secondary N) is 2.